The Kier molecular flexibility index (Phi) is 13.7. The molecule has 1 aliphatic heterocycles. The Bertz CT molecular complexity index is 1620. The van der Waals surface area contributed by atoms with E-state index in [9.17, 15) is 14.4 Å². The van der Waals surface area contributed by atoms with E-state index in [0.29, 0.717) is 6.61 Å². The zero-order chi connectivity index (χ0) is 35.1. The van der Waals surface area contributed by atoms with Gasteiger partial charge in [-0.3, -0.25) is 9.59 Å². The average molecular weight is 681 g/mol. The molecule has 10 nitrogen and oxygen atoms in total. The van der Waals surface area contributed by atoms with Crippen LogP contribution >= 0.6 is 0 Å². The number of hydrogen-bond acceptors (Lipinski definition) is 8. The molecule has 1 heterocycles. The van der Waals surface area contributed by atoms with E-state index in [4.69, 9.17) is 23.7 Å². The van der Waals surface area contributed by atoms with Crippen LogP contribution in [0.2, 0.25) is 0 Å². The Morgan fingerprint density at radius 3 is 1.68 bits per heavy atom. The fourth-order valence-corrected chi connectivity index (χ4v) is 6.07. The van der Waals surface area contributed by atoms with Crippen LogP contribution in [0.5, 0.6) is 0 Å². The lowest BCUT2D eigenvalue weighted by molar-refractivity contribution is -0.166. The van der Waals surface area contributed by atoms with Crippen LogP contribution < -0.4 is 5.32 Å². The van der Waals surface area contributed by atoms with Gasteiger partial charge in [-0.1, -0.05) is 121 Å². The first-order valence-corrected chi connectivity index (χ1v) is 16.7. The van der Waals surface area contributed by atoms with E-state index in [0.717, 1.165) is 29.4 Å². The van der Waals surface area contributed by atoms with Crippen LogP contribution in [0.15, 0.2) is 121 Å². The molecule has 0 bridgehead atoms. The summed E-state index contributed by atoms with van der Waals surface area (Å²) in [6.45, 7) is 2.40. The zero-order valence-electron chi connectivity index (χ0n) is 28.4. The van der Waals surface area contributed by atoms with Crippen LogP contribution in [0, 0.1) is 0 Å². The minimum Gasteiger partial charge on any atom is -0.462 e. The first kappa shape index (κ1) is 36.4. The number of amides is 2. The van der Waals surface area contributed by atoms with E-state index in [1.54, 1.807) is 0 Å². The fourth-order valence-electron chi connectivity index (χ4n) is 6.07. The van der Waals surface area contributed by atoms with Gasteiger partial charge in [0.1, 0.15) is 12.2 Å². The van der Waals surface area contributed by atoms with Crippen LogP contribution in [-0.4, -0.2) is 73.3 Å². The van der Waals surface area contributed by atoms with Crippen molar-refractivity contribution >= 4 is 17.8 Å². The first-order valence-electron chi connectivity index (χ1n) is 16.7. The second kappa shape index (κ2) is 18.8. The summed E-state index contributed by atoms with van der Waals surface area (Å²) in [6, 6.07) is 37.0. The summed E-state index contributed by atoms with van der Waals surface area (Å²) < 4.78 is 30.9. The molecule has 0 unspecified atom stereocenters. The quantitative estimate of drug-likeness (QED) is 0.132. The molecule has 0 saturated carbocycles. The standard InChI is InChI=1S/C40H44N2O8/c1-29(43)41-36-34(48-25-31-17-9-4-10-18-31)23-42(39(44)40(45)46-2)37(36)38(50-27-33-21-13-6-14-22-33)35(49-26-32-19-11-5-12-20-32)28-47-24-30-15-7-3-8-16-30/h3-22,34-38H,23-28H2,1-2H3,(H,41,43)/t34-,35+,36+,37+,38+/m0/s1. The molecule has 5 rings (SSSR count). The van der Waals surface area contributed by atoms with E-state index in [1.807, 2.05) is 121 Å². The van der Waals surface area contributed by atoms with E-state index >= 15 is 0 Å². The highest BCUT2D eigenvalue weighted by Gasteiger charge is 2.53. The topological polar surface area (TPSA) is 113 Å². The van der Waals surface area contributed by atoms with Crippen LogP contribution in [0.4, 0.5) is 0 Å². The molecule has 1 N–H and O–H groups in total. The number of ether oxygens (including phenoxy) is 5. The van der Waals surface area contributed by atoms with Crippen molar-refractivity contribution in [1.29, 1.82) is 0 Å². The number of carbonyl (C=O) groups excluding carboxylic acids is 3. The molecule has 2 amide bonds. The van der Waals surface area contributed by atoms with Crippen LogP contribution in [0.1, 0.15) is 29.2 Å². The second-order valence-corrected chi connectivity index (χ2v) is 12.1. The highest BCUT2D eigenvalue weighted by molar-refractivity contribution is 6.32. The van der Waals surface area contributed by atoms with Crippen molar-refractivity contribution in [2.75, 3.05) is 20.3 Å². The largest absolute Gasteiger partial charge is 0.462 e. The van der Waals surface area contributed by atoms with E-state index in [-0.39, 0.29) is 38.9 Å². The highest BCUT2D eigenvalue weighted by Crippen LogP contribution is 2.31. The van der Waals surface area contributed by atoms with Crippen molar-refractivity contribution in [3.63, 3.8) is 0 Å². The average Bonchev–Trinajstić information content (AvgIpc) is 3.50. The second-order valence-electron chi connectivity index (χ2n) is 12.1. The SMILES string of the molecule is COC(=O)C(=O)N1C[C@H](OCc2ccccc2)[C@@H](NC(C)=O)[C@@H]1[C@H](OCc1ccccc1)[C@@H](COCc1ccccc1)OCc1ccccc1. The number of benzene rings is 4. The zero-order valence-corrected chi connectivity index (χ0v) is 28.4. The lowest BCUT2D eigenvalue weighted by Gasteiger charge is -2.38. The summed E-state index contributed by atoms with van der Waals surface area (Å²) in [5, 5.41) is 3.02. The Balaban J connectivity index is 1.53. The van der Waals surface area contributed by atoms with Gasteiger partial charge < -0.3 is 33.9 Å². The Morgan fingerprint density at radius 1 is 0.700 bits per heavy atom. The van der Waals surface area contributed by atoms with Gasteiger partial charge >= 0.3 is 11.9 Å². The minimum atomic E-state index is -1.04. The summed E-state index contributed by atoms with van der Waals surface area (Å²) in [7, 11) is 1.16. The Hall–Kier alpha value is -4.87. The third-order valence-electron chi connectivity index (χ3n) is 8.49. The van der Waals surface area contributed by atoms with Gasteiger partial charge in [0.05, 0.1) is 64.9 Å². The van der Waals surface area contributed by atoms with Gasteiger partial charge in [-0.05, 0) is 22.3 Å². The van der Waals surface area contributed by atoms with Crippen LogP contribution in [-0.2, 0) is 64.5 Å². The maximum absolute atomic E-state index is 13.8. The molecule has 1 aliphatic rings. The van der Waals surface area contributed by atoms with Gasteiger partial charge in [0.2, 0.25) is 5.91 Å². The number of rotatable bonds is 16. The van der Waals surface area contributed by atoms with Crippen molar-refractivity contribution in [3.05, 3.63) is 144 Å². The van der Waals surface area contributed by atoms with Crippen molar-refractivity contribution in [3.8, 4) is 0 Å². The van der Waals surface area contributed by atoms with E-state index in [2.05, 4.69) is 5.32 Å². The van der Waals surface area contributed by atoms with Crippen LogP contribution in [0.25, 0.3) is 0 Å². The van der Waals surface area contributed by atoms with Crippen LogP contribution in [0.3, 0.4) is 0 Å². The predicted octanol–water partition coefficient (Wildman–Crippen LogP) is 4.85. The molecule has 1 saturated heterocycles. The molecule has 262 valence electrons. The predicted molar refractivity (Wildman–Crippen MR) is 186 cm³/mol. The normalized spacial score (nSPS) is 18.3. The number of carbonyl (C=O) groups is 3. The summed E-state index contributed by atoms with van der Waals surface area (Å²) >= 11 is 0. The number of likely N-dealkylation sites (tertiary alicyclic amines) is 1. The maximum atomic E-state index is 13.8. The lowest BCUT2D eigenvalue weighted by atomic mass is 9.96. The minimum absolute atomic E-state index is 0.00213. The number of esters is 1. The summed E-state index contributed by atoms with van der Waals surface area (Å²) in [5.74, 6) is -2.24. The van der Waals surface area contributed by atoms with Gasteiger partial charge in [0.25, 0.3) is 0 Å². The summed E-state index contributed by atoms with van der Waals surface area (Å²) in [5.41, 5.74) is 3.71. The number of methoxy groups -OCH3 is 1. The molecule has 4 aromatic carbocycles. The fraction of sp³-hybridized carbons (Fsp3) is 0.325. The monoisotopic (exact) mass is 680 g/mol. The third kappa shape index (κ3) is 10.3. The molecular formula is C40H44N2O8. The van der Waals surface area contributed by atoms with E-state index in [1.165, 1.54) is 11.8 Å². The molecule has 1 fully saturated rings. The number of hydrogen-bond donors (Lipinski definition) is 1. The molecule has 0 spiro atoms. The van der Waals surface area contributed by atoms with Crippen molar-refractivity contribution in [2.45, 2.75) is 63.7 Å². The molecule has 0 radical (unpaired) electrons. The molecule has 4 aromatic rings. The number of nitrogens with one attached hydrogen (secondary N) is 1. The molecule has 0 aliphatic carbocycles. The molecule has 0 aromatic heterocycles. The van der Waals surface area contributed by atoms with Crippen molar-refractivity contribution in [2.24, 2.45) is 0 Å². The molecule has 50 heavy (non-hydrogen) atoms. The van der Waals surface area contributed by atoms with Gasteiger partial charge in [-0.2, -0.15) is 0 Å². The summed E-state index contributed by atoms with van der Waals surface area (Å²) in [6.07, 6.45) is -2.35. The van der Waals surface area contributed by atoms with Gasteiger partial charge in [0.15, 0.2) is 0 Å². The molecule has 5 atom stereocenters. The summed E-state index contributed by atoms with van der Waals surface area (Å²) in [4.78, 5) is 40.8. The first-order chi connectivity index (χ1) is 24.4. The molecule has 10 heteroatoms. The molecular weight excluding hydrogens is 636 g/mol. The highest BCUT2D eigenvalue weighted by atomic mass is 16.6. The van der Waals surface area contributed by atoms with Crippen molar-refractivity contribution < 1.29 is 38.1 Å². The maximum Gasteiger partial charge on any atom is 0.396 e. The third-order valence-corrected chi connectivity index (χ3v) is 8.49. The Morgan fingerprint density at radius 2 is 1.18 bits per heavy atom. The Labute approximate surface area is 293 Å². The van der Waals surface area contributed by atoms with Crippen molar-refractivity contribution in [1.82, 2.24) is 10.2 Å². The van der Waals surface area contributed by atoms with Gasteiger partial charge in [-0.25, -0.2) is 4.79 Å². The smallest absolute Gasteiger partial charge is 0.396 e. The van der Waals surface area contributed by atoms with E-state index < -0.39 is 42.3 Å². The lowest BCUT2D eigenvalue weighted by Crippen LogP contribution is -2.60. The van der Waals surface area contributed by atoms with Gasteiger partial charge in [-0.15, -0.1) is 0 Å². The number of nitrogens with zero attached hydrogens (tertiary/aromatic N) is 1. The van der Waals surface area contributed by atoms with Gasteiger partial charge in [0, 0.05) is 6.92 Å².